The van der Waals surface area contributed by atoms with Gasteiger partial charge in [-0.2, -0.15) is 0 Å². The standard InChI is InChI=1S/C32H32ClFN2O6/c1-31(2,3)36-27(38)18-9-8-17-19(25(18)29(36)40)14-21-28(39)35(15-6-10-23(34)22(33)12-15)30(41)32(21,4)26(17)20-13-16(42-5)7-11-24(20)37/h6-8,10-13,18-19,21,25-26,37H,9,14H2,1-5H3. The molecule has 4 aliphatic rings. The molecule has 6 unspecified atom stereocenters. The summed E-state index contributed by atoms with van der Waals surface area (Å²) in [5.41, 5.74) is -0.818. The number of rotatable bonds is 3. The van der Waals surface area contributed by atoms with Gasteiger partial charge in [0.25, 0.3) is 0 Å². The van der Waals surface area contributed by atoms with Crippen LogP contribution in [0, 0.1) is 34.9 Å². The molecule has 2 aromatic carbocycles. The van der Waals surface area contributed by atoms with Crippen molar-refractivity contribution in [2.45, 2.75) is 52.0 Å². The van der Waals surface area contributed by atoms with Gasteiger partial charge in [0, 0.05) is 17.0 Å². The molecule has 2 aliphatic carbocycles. The molecule has 2 saturated heterocycles. The maximum absolute atomic E-state index is 14.4. The fraction of sp³-hybridized carbons (Fsp3) is 0.438. The van der Waals surface area contributed by atoms with E-state index in [0.717, 1.165) is 16.5 Å². The second kappa shape index (κ2) is 9.39. The van der Waals surface area contributed by atoms with E-state index < -0.39 is 58.2 Å². The van der Waals surface area contributed by atoms with Crippen molar-refractivity contribution in [1.29, 1.82) is 0 Å². The lowest BCUT2D eigenvalue weighted by molar-refractivity contribution is -0.145. The molecule has 220 valence electrons. The van der Waals surface area contributed by atoms with Crippen molar-refractivity contribution in [3.63, 3.8) is 0 Å². The molecule has 0 aromatic heterocycles. The van der Waals surface area contributed by atoms with Crippen LogP contribution in [0.25, 0.3) is 0 Å². The molecule has 2 aliphatic heterocycles. The minimum Gasteiger partial charge on any atom is -0.508 e. The van der Waals surface area contributed by atoms with Crippen LogP contribution < -0.4 is 9.64 Å². The Labute approximate surface area is 248 Å². The quantitative estimate of drug-likeness (QED) is 0.386. The van der Waals surface area contributed by atoms with Crippen LogP contribution in [0.4, 0.5) is 10.1 Å². The summed E-state index contributed by atoms with van der Waals surface area (Å²) in [5.74, 6) is -5.35. The van der Waals surface area contributed by atoms with Gasteiger partial charge < -0.3 is 9.84 Å². The number of nitrogens with zero attached hydrogens (tertiary/aromatic N) is 2. The van der Waals surface area contributed by atoms with E-state index in [4.69, 9.17) is 16.3 Å². The number of likely N-dealkylation sites (tertiary alicyclic amines) is 1. The van der Waals surface area contributed by atoms with Crippen molar-refractivity contribution in [3.05, 3.63) is 64.5 Å². The molecule has 0 spiro atoms. The van der Waals surface area contributed by atoms with Crippen LogP contribution >= 0.6 is 11.6 Å². The summed E-state index contributed by atoms with van der Waals surface area (Å²) in [6.07, 6.45) is 2.39. The first-order chi connectivity index (χ1) is 19.7. The zero-order valence-corrected chi connectivity index (χ0v) is 24.7. The number of carbonyl (C=O) groups excluding carboxylic acids is 4. The smallest absolute Gasteiger partial charge is 0.241 e. The van der Waals surface area contributed by atoms with E-state index >= 15 is 0 Å². The number of imide groups is 2. The van der Waals surface area contributed by atoms with Crippen LogP contribution in [0.5, 0.6) is 11.5 Å². The van der Waals surface area contributed by atoms with Crippen molar-refractivity contribution < 1.29 is 33.4 Å². The maximum atomic E-state index is 14.4. The number of carbonyl (C=O) groups is 4. The van der Waals surface area contributed by atoms with Gasteiger partial charge in [0.2, 0.25) is 23.6 Å². The first-order valence-corrected chi connectivity index (χ1v) is 14.4. The predicted octanol–water partition coefficient (Wildman–Crippen LogP) is 5.22. The number of methoxy groups -OCH3 is 1. The lowest BCUT2D eigenvalue weighted by atomic mass is 9.51. The average Bonchev–Trinajstić information content (AvgIpc) is 3.30. The third kappa shape index (κ3) is 3.78. The van der Waals surface area contributed by atoms with Crippen molar-refractivity contribution >= 4 is 40.9 Å². The normalized spacial score (nSPS) is 30.7. The number of phenols is 1. The number of aromatic hydroxyl groups is 1. The van der Waals surface area contributed by atoms with Crippen molar-refractivity contribution in [3.8, 4) is 11.5 Å². The summed E-state index contributed by atoms with van der Waals surface area (Å²) >= 11 is 6.04. The van der Waals surface area contributed by atoms with E-state index in [-0.39, 0.29) is 34.7 Å². The number of anilines is 1. The second-order valence-corrected chi connectivity index (χ2v) is 13.3. The Bertz CT molecular complexity index is 1600. The van der Waals surface area contributed by atoms with Crippen LogP contribution in [-0.2, 0) is 19.2 Å². The molecule has 1 N–H and O–H groups in total. The van der Waals surface area contributed by atoms with Crippen LogP contribution in [0.2, 0.25) is 5.02 Å². The molecule has 8 nitrogen and oxygen atoms in total. The minimum atomic E-state index is -1.37. The fourth-order valence-electron chi connectivity index (χ4n) is 7.78. The van der Waals surface area contributed by atoms with Gasteiger partial charge in [-0.05, 0) is 82.9 Å². The molecule has 42 heavy (non-hydrogen) atoms. The summed E-state index contributed by atoms with van der Waals surface area (Å²) in [5, 5.41) is 10.9. The SMILES string of the molecule is COc1ccc(O)c(C2C3=CCC4C(=O)N(C(C)(C)C)C(=O)C4C3CC3C(=O)N(c4ccc(F)c(Cl)c4)C(=O)C32C)c1. The highest BCUT2D eigenvalue weighted by Crippen LogP contribution is 2.64. The Morgan fingerprint density at radius 1 is 1.02 bits per heavy atom. The molecule has 3 fully saturated rings. The number of phenolic OH excluding ortho intramolecular Hbond substituents is 1. The van der Waals surface area contributed by atoms with E-state index in [1.165, 1.54) is 30.2 Å². The van der Waals surface area contributed by atoms with E-state index in [0.29, 0.717) is 17.7 Å². The van der Waals surface area contributed by atoms with Gasteiger partial charge in [-0.1, -0.05) is 23.3 Å². The molecule has 6 rings (SSSR count). The van der Waals surface area contributed by atoms with E-state index in [1.807, 2.05) is 26.8 Å². The summed E-state index contributed by atoms with van der Waals surface area (Å²) in [6.45, 7) is 7.15. The summed E-state index contributed by atoms with van der Waals surface area (Å²) < 4.78 is 19.5. The number of halogens is 2. The van der Waals surface area contributed by atoms with Crippen LogP contribution in [0.1, 0.15) is 52.0 Å². The molecule has 4 amide bonds. The number of fused-ring (bicyclic) bond motifs is 4. The van der Waals surface area contributed by atoms with Crippen LogP contribution in [-0.4, -0.2) is 46.3 Å². The first-order valence-electron chi connectivity index (χ1n) is 14.0. The van der Waals surface area contributed by atoms with Gasteiger partial charge >= 0.3 is 0 Å². The van der Waals surface area contributed by atoms with Crippen molar-refractivity contribution in [2.24, 2.45) is 29.1 Å². The molecule has 0 radical (unpaired) electrons. The minimum absolute atomic E-state index is 0.0851. The molecule has 0 bridgehead atoms. The zero-order valence-electron chi connectivity index (χ0n) is 24.0. The highest BCUT2D eigenvalue weighted by Gasteiger charge is 2.68. The first kappa shape index (κ1) is 28.4. The van der Waals surface area contributed by atoms with Gasteiger partial charge in [-0.25, -0.2) is 9.29 Å². The largest absolute Gasteiger partial charge is 0.508 e. The van der Waals surface area contributed by atoms with Crippen LogP contribution in [0.3, 0.4) is 0 Å². The van der Waals surface area contributed by atoms with Crippen molar-refractivity contribution in [2.75, 3.05) is 12.0 Å². The Balaban J connectivity index is 1.55. The highest BCUT2D eigenvalue weighted by molar-refractivity contribution is 6.31. The summed E-state index contributed by atoms with van der Waals surface area (Å²) in [6, 6.07) is 8.40. The number of allylic oxidation sites excluding steroid dienone is 2. The highest BCUT2D eigenvalue weighted by atomic mass is 35.5. The number of hydrogen-bond donors (Lipinski definition) is 1. The van der Waals surface area contributed by atoms with Gasteiger partial charge in [-0.15, -0.1) is 0 Å². The third-order valence-corrected chi connectivity index (χ3v) is 9.94. The molecule has 6 atom stereocenters. The van der Waals surface area contributed by atoms with E-state index in [9.17, 15) is 28.7 Å². The number of hydrogen-bond acceptors (Lipinski definition) is 6. The van der Waals surface area contributed by atoms with Gasteiger partial charge in [-0.3, -0.25) is 24.1 Å². The monoisotopic (exact) mass is 594 g/mol. The maximum Gasteiger partial charge on any atom is 0.241 e. The van der Waals surface area contributed by atoms with E-state index in [1.54, 1.807) is 19.1 Å². The molecule has 2 aromatic rings. The number of benzene rings is 2. The fourth-order valence-corrected chi connectivity index (χ4v) is 7.96. The van der Waals surface area contributed by atoms with Gasteiger partial charge in [0.1, 0.15) is 17.3 Å². The van der Waals surface area contributed by atoms with Crippen molar-refractivity contribution in [1.82, 2.24) is 4.90 Å². The second-order valence-electron chi connectivity index (χ2n) is 12.9. The number of ether oxygens (including phenoxy) is 1. The Kier molecular flexibility index (Phi) is 6.35. The topological polar surface area (TPSA) is 104 Å². The molecule has 2 heterocycles. The summed E-state index contributed by atoms with van der Waals surface area (Å²) in [4.78, 5) is 58.4. The third-order valence-electron chi connectivity index (χ3n) is 9.65. The van der Waals surface area contributed by atoms with Gasteiger partial charge in [0.05, 0.1) is 41.0 Å². The zero-order chi connectivity index (χ0) is 30.5. The Morgan fingerprint density at radius 3 is 2.38 bits per heavy atom. The predicted molar refractivity (Wildman–Crippen MR) is 152 cm³/mol. The lowest BCUT2D eigenvalue weighted by Crippen LogP contribution is -2.49. The Morgan fingerprint density at radius 2 is 1.74 bits per heavy atom. The van der Waals surface area contributed by atoms with E-state index in [2.05, 4.69) is 0 Å². The molecular weight excluding hydrogens is 563 g/mol. The molecule has 10 heteroatoms. The lowest BCUT2D eigenvalue weighted by Gasteiger charge is -2.49. The average molecular weight is 595 g/mol. The number of amides is 4. The molecular formula is C32H32ClFN2O6. The Hall–Kier alpha value is -3.72. The summed E-state index contributed by atoms with van der Waals surface area (Å²) in [7, 11) is 1.49. The van der Waals surface area contributed by atoms with Crippen LogP contribution in [0.15, 0.2) is 48.0 Å². The van der Waals surface area contributed by atoms with Gasteiger partial charge in [0.15, 0.2) is 0 Å². The molecule has 1 saturated carbocycles.